The van der Waals surface area contributed by atoms with E-state index in [2.05, 4.69) is 15.2 Å². The zero-order valence-corrected chi connectivity index (χ0v) is 13.3. The lowest BCUT2D eigenvalue weighted by atomic mass is 10.1. The summed E-state index contributed by atoms with van der Waals surface area (Å²) in [7, 11) is -2.90. The van der Waals surface area contributed by atoms with E-state index in [1.807, 2.05) is 0 Å². The first-order chi connectivity index (χ1) is 10.6. The molecule has 2 fully saturated rings. The fourth-order valence-corrected chi connectivity index (χ4v) is 4.98. The number of sulfone groups is 1. The lowest BCUT2D eigenvalue weighted by Crippen LogP contribution is -2.32. The van der Waals surface area contributed by atoms with Gasteiger partial charge in [0, 0.05) is 25.8 Å². The van der Waals surface area contributed by atoms with E-state index in [4.69, 9.17) is 0 Å². The standard InChI is InChI=1S/C15H21N3O3S/c19-15(17-10-12-5-9-22(20,21)11-12)13-4-3-6-16-14(13)18-7-1-2-8-18/h3-4,6,12H,1-2,5,7-11H2,(H,17,19). The molecule has 0 aromatic carbocycles. The SMILES string of the molecule is O=C(NCC1CCS(=O)(=O)C1)c1cccnc1N1CCCC1. The molecule has 2 aliphatic heterocycles. The maximum absolute atomic E-state index is 12.4. The van der Waals surface area contributed by atoms with E-state index in [0.717, 1.165) is 31.7 Å². The molecule has 1 aromatic rings. The van der Waals surface area contributed by atoms with Gasteiger partial charge in [-0.25, -0.2) is 13.4 Å². The van der Waals surface area contributed by atoms with E-state index in [1.54, 1.807) is 18.3 Å². The Kier molecular flexibility index (Phi) is 4.33. The third kappa shape index (κ3) is 3.40. The monoisotopic (exact) mass is 323 g/mol. The molecule has 120 valence electrons. The maximum atomic E-state index is 12.4. The molecule has 0 aliphatic carbocycles. The van der Waals surface area contributed by atoms with Gasteiger partial charge in [0.2, 0.25) is 0 Å². The summed E-state index contributed by atoms with van der Waals surface area (Å²) in [5.41, 5.74) is 0.574. The molecule has 7 heteroatoms. The van der Waals surface area contributed by atoms with Gasteiger partial charge in [0.1, 0.15) is 5.82 Å². The van der Waals surface area contributed by atoms with Crippen molar-refractivity contribution in [2.75, 3.05) is 36.0 Å². The molecule has 2 aliphatic rings. The summed E-state index contributed by atoms with van der Waals surface area (Å²) in [6.07, 6.45) is 4.58. The summed E-state index contributed by atoms with van der Waals surface area (Å²) >= 11 is 0. The lowest BCUT2D eigenvalue weighted by Gasteiger charge is -2.19. The third-order valence-electron chi connectivity index (χ3n) is 4.31. The van der Waals surface area contributed by atoms with Crippen molar-refractivity contribution >= 4 is 21.6 Å². The molecule has 1 atom stereocenters. The van der Waals surface area contributed by atoms with Gasteiger partial charge in [-0.3, -0.25) is 4.79 Å². The van der Waals surface area contributed by atoms with Crippen molar-refractivity contribution in [2.45, 2.75) is 19.3 Å². The minimum Gasteiger partial charge on any atom is -0.356 e. The van der Waals surface area contributed by atoms with Crippen LogP contribution in [0.25, 0.3) is 0 Å². The molecule has 0 spiro atoms. The first-order valence-electron chi connectivity index (χ1n) is 7.74. The third-order valence-corrected chi connectivity index (χ3v) is 6.15. The largest absolute Gasteiger partial charge is 0.356 e. The lowest BCUT2D eigenvalue weighted by molar-refractivity contribution is 0.0948. The number of amides is 1. The summed E-state index contributed by atoms with van der Waals surface area (Å²) in [5.74, 6) is 1.01. The fraction of sp³-hybridized carbons (Fsp3) is 0.600. The average molecular weight is 323 g/mol. The number of carbonyl (C=O) groups is 1. The van der Waals surface area contributed by atoms with Gasteiger partial charge in [0.15, 0.2) is 9.84 Å². The van der Waals surface area contributed by atoms with Crippen LogP contribution in [0, 0.1) is 5.92 Å². The van der Waals surface area contributed by atoms with E-state index in [-0.39, 0.29) is 23.3 Å². The zero-order chi connectivity index (χ0) is 15.6. The number of anilines is 1. The normalized spacial score (nSPS) is 23.6. The second-order valence-corrected chi connectivity index (χ2v) is 8.28. The molecule has 3 heterocycles. The van der Waals surface area contributed by atoms with Gasteiger partial charge in [0.25, 0.3) is 5.91 Å². The van der Waals surface area contributed by atoms with Crippen LogP contribution in [-0.2, 0) is 9.84 Å². The van der Waals surface area contributed by atoms with Gasteiger partial charge < -0.3 is 10.2 Å². The van der Waals surface area contributed by atoms with Gasteiger partial charge in [-0.15, -0.1) is 0 Å². The second kappa shape index (κ2) is 6.24. The molecule has 1 unspecified atom stereocenters. The molecule has 2 saturated heterocycles. The fourth-order valence-electron chi connectivity index (χ4n) is 3.12. The number of hydrogen-bond acceptors (Lipinski definition) is 5. The van der Waals surface area contributed by atoms with E-state index in [9.17, 15) is 13.2 Å². The van der Waals surface area contributed by atoms with E-state index >= 15 is 0 Å². The quantitative estimate of drug-likeness (QED) is 0.888. The van der Waals surface area contributed by atoms with Gasteiger partial charge in [-0.1, -0.05) is 0 Å². The molecule has 3 rings (SSSR count). The van der Waals surface area contributed by atoms with Gasteiger partial charge in [0.05, 0.1) is 17.1 Å². The van der Waals surface area contributed by atoms with Crippen molar-refractivity contribution in [1.82, 2.24) is 10.3 Å². The van der Waals surface area contributed by atoms with Crippen molar-refractivity contribution in [1.29, 1.82) is 0 Å². The minimum atomic E-state index is -2.90. The predicted octanol–water partition coefficient (Wildman–Crippen LogP) is 0.846. The van der Waals surface area contributed by atoms with Gasteiger partial charge >= 0.3 is 0 Å². The van der Waals surface area contributed by atoms with Crippen LogP contribution >= 0.6 is 0 Å². The molecule has 1 aromatic heterocycles. The van der Waals surface area contributed by atoms with Crippen LogP contribution < -0.4 is 10.2 Å². The Bertz CT molecular complexity index is 654. The predicted molar refractivity (Wildman–Crippen MR) is 84.8 cm³/mol. The van der Waals surface area contributed by atoms with Gasteiger partial charge in [-0.05, 0) is 37.3 Å². The highest BCUT2D eigenvalue weighted by atomic mass is 32.2. The Morgan fingerprint density at radius 2 is 2.14 bits per heavy atom. The Balaban J connectivity index is 1.65. The number of pyridine rings is 1. The highest BCUT2D eigenvalue weighted by molar-refractivity contribution is 7.91. The summed E-state index contributed by atoms with van der Waals surface area (Å²) in [6.45, 7) is 2.27. The molecule has 1 N–H and O–H groups in total. The first kappa shape index (κ1) is 15.3. The van der Waals surface area contributed by atoms with Crippen LogP contribution in [0.5, 0.6) is 0 Å². The highest BCUT2D eigenvalue weighted by Crippen LogP contribution is 2.22. The van der Waals surface area contributed by atoms with Gasteiger partial charge in [-0.2, -0.15) is 0 Å². The molecule has 0 saturated carbocycles. The Morgan fingerprint density at radius 1 is 1.36 bits per heavy atom. The van der Waals surface area contributed by atoms with Crippen LogP contribution in [0.2, 0.25) is 0 Å². The minimum absolute atomic E-state index is 0.0286. The summed E-state index contributed by atoms with van der Waals surface area (Å²) in [6, 6.07) is 3.54. The average Bonchev–Trinajstić information content (AvgIpc) is 3.14. The molecule has 0 radical (unpaired) electrons. The second-order valence-electron chi connectivity index (χ2n) is 6.05. The number of nitrogens with zero attached hydrogens (tertiary/aromatic N) is 2. The van der Waals surface area contributed by atoms with Crippen molar-refractivity contribution in [3.05, 3.63) is 23.9 Å². The van der Waals surface area contributed by atoms with E-state index in [1.165, 1.54) is 0 Å². The molecular weight excluding hydrogens is 302 g/mol. The molecular formula is C15H21N3O3S. The van der Waals surface area contributed by atoms with Crippen molar-refractivity contribution < 1.29 is 13.2 Å². The molecule has 22 heavy (non-hydrogen) atoms. The highest BCUT2D eigenvalue weighted by Gasteiger charge is 2.28. The Labute approximate surface area is 130 Å². The topological polar surface area (TPSA) is 79.4 Å². The van der Waals surface area contributed by atoms with E-state index < -0.39 is 9.84 Å². The summed E-state index contributed by atoms with van der Waals surface area (Å²) < 4.78 is 22.9. The van der Waals surface area contributed by atoms with Crippen molar-refractivity contribution in [2.24, 2.45) is 5.92 Å². The van der Waals surface area contributed by atoms with Crippen molar-refractivity contribution in [3.63, 3.8) is 0 Å². The van der Waals surface area contributed by atoms with Crippen LogP contribution in [0.4, 0.5) is 5.82 Å². The first-order valence-corrected chi connectivity index (χ1v) is 9.56. The van der Waals surface area contributed by atoms with Crippen LogP contribution in [0.15, 0.2) is 18.3 Å². The van der Waals surface area contributed by atoms with Crippen molar-refractivity contribution in [3.8, 4) is 0 Å². The van der Waals surface area contributed by atoms with Crippen LogP contribution in [-0.4, -0.2) is 50.4 Å². The molecule has 0 bridgehead atoms. The Hall–Kier alpha value is -1.63. The van der Waals surface area contributed by atoms with Crippen LogP contribution in [0.3, 0.4) is 0 Å². The number of aromatic nitrogens is 1. The number of hydrogen-bond donors (Lipinski definition) is 1. The maximum Gasteiger partial charge on any atom is 0.255 e. The van der Waals surface area contributed by atoms with E-state index in [0.29, 0.717) is 18.5 Å². The summed E-state index contributed by atoms with van der Waals surface area (Å²) in [5, 5.41) is 2.87. The molecule has 6 nitrogen and oxygen atoms in total. The Morgan fingerprint density at radius 3 is 2.82 bits per heavy atom. The summed E-state index contributed by atoms with van der Waals surface area (Å²) in [4.78, 5) is 18.9. The smallest absolute Gasteiger partial charge is 0.255 e. The molecule has 1 amide bonds. The van der Waals surface area contributed by atoms with Crippen LogP contribution in [0.1, 0.15) is 29.6 Å². The number of carbonyl (C=O) groups excluding carboxylic acids is 1. The number of nitrogens with one attached hydrogen (secondary N) is 1. The number of rotatable bonds is 4. The zero-order valence-electron chi connectivity index (χ0n) is 12.5.